The Morgan fingerprint density at radius 1 is 1.07 bits per heavy atom. The van der Waals surface area contributed by atoms with E-state index in [1.165, 1.54) is 12.3 Å². The highest BCUT2D eigenvalue weighted by Gasteiger charge is 2.17. The number of para-hydroxylation sites is 1. The molecule has 2 amide bonds. The Morgan fingerprint density at radius 3 is 2.52 bits per heavy atom. The number of benzene rings is 2. The van der Waals surface area contributed by atoms with Crippen molar-refractivity contribution in [1.82, 2.24) is 9.88 Å². The van der Waals surface area contributed by atoms with Crippen LogP contribution in [0.4, 0.5) is 5.69 Å². The summed E-state index contributed by atoms with van der Waals surface area (Å²) in [6, 6.07) is 21.5. The zero-order chi connectivity index (χ0) is 20.6. The molecule has 1 heterocycles. The molecular formula is C23H20N4O2. The molecule has 0 bridgehead atoms. The molecule has 0 radical (unpaired) electrons. The van der Waals surface area contributed by atoms with Gasteiger partial charge in [-0.15, -0.1) is 0 Å². The van der Waals surface area contributed by atoms with Crippen molar-refractivity contribution in [3.8, 4) is 6.07 Å². The van der Waals surface area contributed by atoms with Crippen molar-refractivity contribution >= 4 is 17.5 Å². The van der Waals surface area contributed by atoms with Crippen LogP contribution >= 0.6 is 0 Å². The molecule has 0 saturated heterocycles. The lowest BCUT2D eigenvalue weighted by Gasteiger charge is -2.21. The summed E-state index contributed by atoms with van der Waals surface area (Å²) in [5, 5.41) is 11.8. The number of pyridine rings is 1. The monoisotopic (exact) mass is 384 g/mol. The summed E-state index contributed by atoms with van der Waals surface area (Å²) in [5.74, 6) is -0.654. The minimum Gasteiger partial charge on any atom is -0.335 e. The van der Waals surface area contributed by atoms with Gasteiger partial charge in [0.1, 0.15) is 11.8 Å². The maximum Gasteiger partial charge on any atom is 0.274 e. The number of hydrogen-bond acceptors (Lipinski definition) is 4. The van der Waals surface area contributed by atoms with Crippen LogP contribution in [0.5, 0.6) is 0 Å². The molecule has 0 fully saturated rings. The van der Waals surface area contributed by atoms with Crippen LogP contribution in [-0.2, 0) is 6.54 Å². The van der Waals surface area contributed by atoms with E-state index >= 15 is 0 Å². The van der Waals surface area contributed by atoms with Gasteiger partial charge in [0.15, 0.2) is 0 Å². The molecule has 3 rings (SSSR count). The lowest BCUT2D eigenvalue weighted by Crippen LogP contribution is -2.30. The summed E-state index contributed by atoms with van der Waals surface area (Å²) in [6.45, 7) is 2.93. The summed E-state index contributed by atoms with van der Waals surface area (Å²) in [4.78, 5) is 31.3. The van der Waals surface area contributed by atoms with Crippen molar-refractivity contribution in [1.29, 1.82) is 5.26 Å². The van der Waals surface area contributed by atoms with Gasteiger partial charge in [0.25, 0.3) is 11.8 Å². The number of nitriles is 1. The van der Waals surface area contributed by atoms with Gasteiger partial charge < -0.3 is 10.2 Å². The Kier molecular flexibility index (Phi) is 6.33. The van der Waals surface area contributed by atoms with Gasteiger partial charge in [0.05, 0.1) is 11.3 Å². The summed E-state index contributed by atoms with van der Waals surface area (Å²) in [5.41, 5.74) is 2.28. The minimum absolute atomic E-state index is 0.111. The maximum absolute atomic E-state index is 12.9. The van der Waals surface area contributed by atoms with E-state index in [1.807, 2.05) is 43.3 Å². The van der Waals surface area contributed by atoms with E-state index in [-0.39, 0.29) is 11.6 Å². The van der Waals surface area contributed by atoms with Gasteiger partial charge in [-0.1, -0.05) is 42.5 Å². The van der Waals surface area contributed by atoms with Crippen LogP contribution in [0.25, 0.3) is 0 Å². The Balaban J connectivity index is 1.78. The first-order valence-electron chi connectivity index (χ1n) is 9.22. The van der Waals surface area contributed by atoms with Gasteiger partial charge in [-0.2, -0.15) is 5.26 Å². The predicted octanol–water partition coefficient (Wildman–Crippen LogP) is 3.87. The third kappa shape index (κ3) is 4.85. The van der Waals surface area contributed by atoms with Crippen LogP contribution in [0, 0.1) is 11.3 Å². The predicted molar refractivity (Wildman–Crippen MR) is 110 cm³/mol. The van der Waals surface area contributed by atoms with Crippen LogP contribution in [0.15, 0.2) is 72.9 Å². The fraction of sp³-hybridized carbons (Fsp3) is 0.130. The molecule has 1 N–H and O–H groups in total. The standard InChI is InChI=1S/C23H20N4O2/c1-2-27(16-17-8-4-3-5-9-17)23(29)18-12-13-25-21(14-18)22(28)26-20-11-7-6-10-19(20)15-24/h3-14H,2,16H2,1H3,(H,26,28). The molecule has 0 saturated carbocycles. The van der Waals surface area contributed by atoms with E-state index in [2.05, 4.69) is 10.3 Å². The van der Waals surface area contributed by atoms with Gasteiger partial charge in [-0.25, -0.2) is 0 Å². The van der Waals surface area contributed by atoms with Gasteiger partial charge in [-0.3, -0.25) is 14.6 Å². The topological polar surface area (TPSA) is 86.1 Å². The molecule has 29 heavy (non-hydrogen) atoms. The minimum atomic E-state index is -0.478. The van der Waals surface area contributed by atoms with E-state index in [0.717, 1.165) is 5.56 Å². The molecule has 144 valence electrons. The van der Waals surface area contributed by atoms with Gasteiger partial charge >= 0.3 is 0 Å². The maximum atomic E-state index is 12.9. The van der Waals surface area contributed by atoms with Crippen LogP contribution in [0.1, 0.15) is 38.9 Å². The molecule has 3 aromatic rings. The van der Waals surface area contributed by atoms with E-state index in [9.17, 15) is 9.59 Å². The van der Waals surface area contributed by atoms with Crippen LogP contribution in [0.2, 0.25) is 0 Å². The summed E-state index contributed by atoms with van der Waals surface area (Å²) in [6.07, 6.45) is 1.44. The van der Waals surface area contributed by atoms with Crippen molar-refractivity contribution in [2.45, 2.75) is 13.5 Å². The van der Waals surface area contributed by atoms with Crippen LogP contribution < -0.4 is 5.32 Å². The molecule has 6 nitrogen and oxygen atoms in total. The molecule has 0 atom stereocenters. The highest BCUT2D eigenvalue weighted by Crippen LogP contribution is 2.16. The summed E-state index contributed by atoms with van der Waals surface area (Å²) >= 11 is 0. The van der Waals surface area contributed by atoms with E-state index in [4.69, 9.17) is 5.26 Å². The van der Waals surface area contributed by atoms with E-state index < -0.39 is 5.91 Å². The first-order chi connectivity index (χ1) is 14.1. The van der Waals surface area contributed by atoms with Crippen molar-refractivity contribution in [2.24, 2.45) is 0 Å². The molecule has 0 aliphatic carbocycles. The van der Waals surface area contributed by atoms with Gasteiger partial charge in [0.2, 0.25) is 0 Å². The average molecular weight is 384 g/mol. The number of nitrogens with zero attached hydrogens (tertiary/aromatic N) is 3. The molecule has 6 heteroatoms. The van der Waals surface area contributed by atoms with Crippen molar-refractivity contribution in [3.63, 3.8) is 0 Å². The Morgan fingerprint density at radius 2 is 1.79 bits per heavy atom. The van der Waals surface area contributed by atoms with Crippen molar-refractivity contribution in [3.05, 3.63) is 95.3 Å². The highest BCUT2D eigenvalue weighted by molar-refractivity contribution is 6.05. The SMILES string of the molecule is CCN(Cc1ccccc1)C(=O)c1ccnc(C(=O)Nc2ccccc2C#N)c1. The Labute approximate surface area is 169 Å². The van der Waals surface area contributed by atoms with Gasteiger partial charge in [0, 0.05) is 24.8 Å². The highest BCUT2D eigenvalue weighted by atomic mass is 16.2. The number of carbonyl (C=O) groups is 2. The lowest BCUT2D eigenvalue weighted by molar-refractivity contribution is 0.0752. The van der Waals surface area contributed by atoms with Crippen LogP contribution in [0.3, 0.4) is 0 Å². The second-order valence-electron chi connectivity index (χ2n) is 6.35. The number of amides is 2. The number of carbonyl (C=O) groups excluding carboxylic acids is 2. The smallest absolute Gasteiger partial charge is 0.274 e. The molecule has 0 aliphatic rings. The second-order valence-corrected chi connectivity index (χ2v) is 6.35. The molecule has 0 aliphatic heterocycles. The molecule has 0 unspecified atom stereocenters. The number of anilines is 1. The van der Waals surface area contributed by atoms with E-state index in [1.54, 1.807) is 35.2 Å². The van der Waals surface area contributed by atoms with Crippen molar-refractivity contribution in [2.75, 3.05) is 11.9 Å². The zero-order valence-electron chi connectivity index (χ0n) is 16.0. The van der Waals surface area contributed by atoms with Crippen molar-refractivity contribution < 1.29 is 9.59 Å². The normalized spacial score (nSPS) is 10.1. The largest absolute Gasteiger partial charge is 0.335 e. The number of hydrogen-bond donors (Lipinski definition) is 1. The number of rotatable bonds is 6. The Hall–Kier alpha value is -3.98. The first kappa shape index (κ1) is 19.8. The lowest BCUT2D eigenvalue weighted by atomic mass is 10.1. The zero-order valence-corrected chi connectivity index (χ0v) is 16.0. The molecule has 1 aromatic heterocycles. The third-order valence-corrected chi connectivity index (χ3v) is 4.42. The fourth-order valence-electron chi connectivity index (χ4n) is 2.88. The molecular weight excluding hydrogens is 364 g/mol. The second kappa shape index (κ2) is 9.29. The third-order valence-electron chi connectivity index (χ3n) is 4.42. The van der Waals surface area contributed by atoms with Gasteiger partial charge in [-0.05, 0) is 36.8 Å². The van der Waals surface area contributed by atoms with E-state index in [0.29, 0.717) is 29.9 Å². The quantitative estimate of drug-likeness (QED) is 0.699. The number of aromatic nitrogens is 1. The summed E-state index contributed by atoms with van der Waals surface area (Å²) in [7, 11) is 0. The molecule has 2 aromatic carbocycles. The molecule has 0 spiro atoms. The first-order valence-corrected chi connectivity index (χ1v) is 9.22. The summed E-state index contributed by atoms with van der Waals surface area (Å²) < 4.78 is 0. The van der Waals surface area contributed by atoms with Crippen LogP contribution in [-0.4, -0.2) is 28.2 Å². The Bertz CT molecular complexity index is 1060. The number of nitrogens with one attached hydrogen (secondary N) is 1. The fourth-order valence-corrected chi connectivity index (χ4v) is 2.88. The average Bonchev–Trinajstić information content (AvgIpc) is 2.78.